The van der Waals surface area contributed by atoms with Gasteiger partial charge in [-0.25, -0.2) is 4.98 Å². The van der Waals surface area contributed by atoms with E-state index >= 15 is 0 Å². The van der Waals surface area contributed by atoms with E-state index in [0.29, 0.717) is 13.2 Å². The van der Waals surface area contributed by atoms with Crippen molar-refractivity contribution in [3.8, 4) is 5.75 Å². The van der Waals surface area contributed by atoms with Crippen LogP contribution in [-0.2, 0) is 6.54 Å². The number of hydrogen-bond donors (Lipinski definition) is 2. The van der Waals surface area contributed by atoms with Gasteiger partial charge >= 0.3 is 0 Å². The molecule has 0 aliphatic rings. The zero-order valence-corrected chi connectivity index (χ0v) is 14.8. The number of nitrogens with zero attached hydrogens (tertiary/aromatic N) is 3. The van der Waals surface area contributed by atoms with Crippen LogP contribution in [-0.4, -0.2) is 46.3 Å². The molecule has 3 aromatic rings. The Morgan fingerprint density at radius 2 is 2.00 bits per heavy atom. The van der Waals surface area contributed by atoms with Crippen LogP contribution in [0.1, 0.15) is 19.4 Å². The maximum Gasteiger partial charge on any atom is 0.157 e. The third-order valence-electron chi connectivity index (χ3n) is 4.36. The Bertz CT molecular complexity index is 797. The summed E-state index contributed by atoms with van der Waals surface area (Å²) >= 11 is 0. The summed E-state index contributed by atoms with van der Waals surface area (Å²) in [6, 6.07) is 10.1. The molecule has 2 aromatic heterocycles. The summed E-state index contributed by atoms with van der Waals surface area (Å²) < 4.78 is 6.02. The molecule has 0 aliphatic carbocycles. The van der Waals surface area contributed by atoms with Crippen molar-refractivity contribution >= 4 is 16.7 Å². The third-order valence-corrected chi connectivity index (χ3v) is 4.36. The van der Waals surface area contributed by atoms with Gasteiger partial charge in [-0.15, -0.1) is 0 Å². The first-order valence-electron chi connectivity index (χ1n) is 8.76. The minimum atomic E-state index is 0.686. The number of ether oxygens (including phenoxy) is 1. The number of rotatable bonds is 9. The number of nitrogens with one attached hydrogen (secondary N) is 2. The van der Waals surface area contributed by atoms with Crippen LogP contribution in [0.4, 0.5) is 5.69 Å². The Hall–Kier alpha value is -2.60. The van der Waals surface area contributed by atoms with Crippen molar-refractivity contribution in [2.75, 3.05) is 31.6 Å². The predicted molar refractivity (Wildman–Crippen MR) is 101 cm³/mol. The molecular formula is C19H25N5O. The molecule has 0 radical (unpaired) electrons. The van der Waals surface area contributed by atoms with Crippen molar-refractivity contribution in [3.05, 3.63) is 48.3 Å². The van der Waals surface area contributed by atoms with Gasteiger partial charge in [-0.3, -0.25) is 5.10 Å². The topological polar surface area (TPSA) is 66.1 Å². The van der Waals surface area contributed by atoms with Gasteiger partial charge in [0.1, 0.15) is 12.4 Å². The quantitative estimate of drug-likeness (QED) is 0.626. The maximum absolute atomic E-state index is 6.02. The number of aromatic nitrogens is 3. The Kier molecular flexibility index (Phi) is 5.85. The summed E-state index contributed by atoms with van der Waals surface area (Å²) in [4.78, 5) is 6.61. The van der Waals surface area contributed by atoms with E-state index in [1.807, 2.05) is 24.3 Å². The number of para-hydroxylation sites is 1. The highest BCUT2D eigenvalue weighted by Crippen LogP contribution is 2.23. The van der Waals surface area contributed by atoms with E-state index < -0.39 is 0 Å². The van der Waals surface area contributed by atoms with Gasteiger partial charge in [0, 0.05) is 30.5 Å². The number of likely N-dealkylation sites (N-methyl/N-ethyl adjacent to an activating group) is 1. The van der Waals surface area contributed by atoms with Crippen LogP contribution in [0.15, 0.2) is 42.7 Å². The van der Waals surface area contributed by atoms with Gasteiger partial charge in [0.25, 0.3) is 0 Å². The molecule has 0 saturated carbocycles. The summed E-state index contributed by atoms with van der Waals surface area (Å²) in [7, 11) is 0. The molecule has 6 heteroatoms. The molecule has 0 spiro atoms. The molecule has 25 heavy (non-hydrogen) atoms. The lowest BCUT2D eigenvalue weighted by Gasteiger charge is -2.19. The fourth-order valence-electron chi connectivity index (χ4n) is 2.81. The number of anilines is 1. The predicted octanol–water partition coefficient (Wildman–Crippen LogP) is 3.29. The molecule has 1 aromatic carbocycles. The number of benzene rings is 1. The molecule has 3 rings (SSSR count). The first-order chi connectivity index (χ1) is 12.3. The van der Waals surface area contributed by atoms with Crippen molar-refractivity contribution in [1.82, 2.24) is 20.1 Å². The molecule has 0 unspecified atom stereocenters. The lowest BCUT2D eigenvalue weighted by molar-refractivity contribution is 0.222. The van der Waals surface area contributed by atoms with Gasteiger partial charge in [0.05, 0.1) is 11.6 Å². The second-order valence-electron chi connectivity index (χ2n) is 5.83. The van der Waals surface area contributed by atoms with E-state index in [9.17, 15) is 0 Å². The monoisotopic (exact) mass is 339 g/mol. The number of aromatic amines is 1. The van der Waals surface area contributed by atoms with Crippen molar-refractivity contribution in [3.63, 3.8) is 0 Å². The Labute approximate surface area is 148 Å². The van der Waals surface area contributed by atoms with Crippen LogP contribution in [0, 0.1) is 0 Å². The van der Waals surface area contributed by atoms with E-state index in [1.165, 1.54) is 0 Å². The fraction of sp³-hybridized carbons (Fsp3) is 0.368. The van der Waals surface area contributed by atoms with E-state index in [2.05, 4.69) is 45.3 Å². The summed E-state index contributed by atoms with van der Waals surface area (Å²) in [6.45, 7) is 8.76. The molecule has 0 fully saturated rings. The lowest BCUT2D eigenvalue weighted by Crippen LogP contribution is -2.28. The van der Waals surface area contributed by atoms with Crippen molar-refractivity contribution in [2.24, 2.45) is 0 Å². The van der Waals surface area contributed by atoms with E-state index in [4.69, 9.17) is 4.74 Å². The van der Waals surface area contributed by atoms with Crippen LogP contribution in [0.3, 0.4) is 0 Å². The summed E-state index contributed by atoms with van der Waals surface area (Å²) in [5.74, 6) is 0.930. The zero-order valence-electron chi connectivity index (χ0n) is 14.8. The first kappa shape index (κ1) is 17.2. The molecular weight excluding hydrogens is 314 g/mol. The molecule has 2 heterocycles. The minimum Gasteiger partial charge on any atom is -0.492 e. The first-order valence-corrected chi connectivity index (χ1v) is 8.76. The summed E-state index contributed by atoms with van der Waals surface area (Å²) in [5.41, 5.74) is 2.93. The number of fused-ring (bicyclic) bond motifs is 1. The largest absolute Gasteiger partial charge is 0.492 e. The van der Waals surface area contributed by atoms with Crippen LogP contribution in [0.5, 0.6) is 5.75 Å². The van der Waals surface area contributed by atoms with Gasteiger partial charge in [-0.2, -0.15) is 5.10 Å². The third kappa shape index (κ3) is 4.28. The standard InChI is InChI=1S/C19H25N5O/c1-3-24(4-2)11-12-25-18-8-6-5-7-15(18)13-21-17-9-10-20-19-16(17)14-22-23-19/h5-10,14H,3-4,11-13H2,1-2H3,(H2,20,21,22,23). The smallest absolute Gasteiger partial charge is 0.157 e. The fourth-order valence-corrected chi connectivity index (χ4v) is 2.81. The second kappa shape index (κ2) is 8.48. The average molecular weight is 339 g/mol. The number of pyridine rings is 1. The number of hydrogen-bond acceptors (Lipinski definition) is 5. The van der Waals surface area contributed by atoms with Crippen molar-refractivity contribution in [1.29, 1.82) is 0 Å². The second-order valence-corrected chi connectivity index (χ2v) is 5.83. The molecule has 0 amide bonds. The minimum absolute atomic E-state index is 0.686. The van der Waals surface area contributed by atoms with Crippen molar-refractivity contribution in [2.45, 2.75) is 20.4 Å². The summed E-state index contributed by atoms with van der Waals surface area (Å²) in [6.07, 6.45) is 3.56. The van der Waals surface area contributed by atoms with Gasteiger partial charge < -0.3 is 15.0 Å². The highest BCUT2D eigenvalue weighted by atomic mass is 16.5. The van der Waals surface area contributed by atoms with E-state index in [-0.39, 0.29) is 0 Å². The average Bonchev–Trinajstić information content (AvgIpc) is 3.14. The normalized spacial score (nSPS) is 11.2. The van der Waals surface area contributed by atoms with Gasteiger partial charge in [-0.05, 0) is 25.2 Å². The van der Waals surface area contributed by atoms with Crippen LogP contribution >= 0.6 is 0 Å². The van der Waals surface area contributed by atoms with Crippen LogP contribution < -0.4 is 10.1 Å². The highest BCUT2D eigenvalue weighted by molar-refractivity contribution is 5.87. The molecule has 0 bridgehead atoms. The Morgan fingerprint density at radius 1 is 1.16 bits per heavy atom. The van der Waals surface area contributed by atoms with E-state index in [1.54, 1.807) is 12.4 Å². The summed E-state index contributed by atoms with van der Waals surface area (Å²) in [5, 5.41) is 11.4. The molecule has 132 valence electrons. The maximum atomic E-state index is 6.02. The van der Waals surface area contributed by atoms with Gasteiger partial charge in [-0.1, -0.05) is 32.0 Å². The van der Waals surface area contributed by atoms with Gasteiger partial charge in [0.2, 0.25) is 0 Å². The lowest BCUT2D eigenvalue weighted by atomic mass is 10.2. The van der Waals surface area contributed by atoms with Crippen LogP contribution in [0.25, 0.3) is 11.0 Å². The van der Waals surface area contributed by atoms with E-state index in [0.717, 1.165) is 47.7 Å². The molecule has 0 saturated heterocycles. The van der Waals surface area contributed by atoms with Crippen molar-refractivity contribution < 1.29 is 4.74 Å². The Balaban J connectivity index is 1.64. The Morgan fingerprint density at radius 3 is 2.84 bits per heavy atom. The molecule has 0 aliphatic heterocycles. The zero-order chi connectivity index (χ0) is 17.5. The SMILES string of the molecule is CCN(CC)CCOc1ccccc1CNc1ccnc2[nH]ncc12. The molecule has 0 atom stereocenters. The highest BCUT2D eigenvalue weighted by Gasteiger charge is 2.07. The van der Waals surface area contributed by atoms with Crippen LogP contribution in [0.2, 0.25) is 0 Å². The molecule has 6 nitrogen and oxygen atoms in total. The van der Waals surface area contributed by atoms with Gasteiger partial charge in [0.15, 0.2) is 5.65 Å². The number of H-pyrrole nitrogens is 1. The molecule has 2 N–H and O–H groups in total.